The number of hydrogen-bond acceptors (Lipinski definition) is 2. The molecule has 0 N–H and O–H groups in total. The molecule has 1 heterocycles. The second-order valence-corrected chi connectivity index (χ2v) is 3.62. The van der Waals surface area contributed by atoms with Crippen molar-refractivity contribution >= 4 is 11.6 Å². The minimum absolute atomic E-state index is 0.278. The molecule has 0 saturated heterocycles. The molecule has 0 fully saturated rings. The molecule has 0 bridgehead atoms. The summed E-state index contributed by atoms with van der Waals surface area (Å²) in [5.41, 5.74) is 0.921. The first kappa shape index (κ1) is 10.9. The summed E-state index contributed by atoms with van der Waals surface area (Å²) in [4.78, 5) is 3.87. The molecule has 2 nitrogen and oxygen atoms in total. The first-order chi connectivity index (χ1) is 7.74. The smallest absolute Gasteiger partial charge is 0.129 e. The highest BCUT2D eigenvalue weighted by molar-refractivity contribution is 6.29. The third-order valence-electron chi connectivity index (χ3n) is 2.01. The Kier molecular flexibility index (Phi) is 3.37. The SMILES string of the molecule is Fc1ccc(OCc2ccnc(Cl)c2)cc1. The Morgan fingerprint density at radius 2 is 1.94 bits per heavy atom. The van der Waals surface area contributed by atoms with Gasteiger partial charge in [0.25, 0.3) is 0 Å². The lowest BCUT2D eigenvalue weighted by Gasteiger charge is -2.05. The molecule has 0 aliphatic rings. The van der Waals surface area contributed by atoms with Crippen LogP contribution >= 0.6 is 11.6 Å². The number of halogens is 2. The first-order valence-electron chi connectivity index (χ1n) is 4.73. The molecule has 2 aromatic rings. The topological polar surface area (TPSA) is 22.1 Å². The molecule has 0 aliphatic carbocycles. The van der Waals surface area contributed by atoms with Crippen molar-refractivity contribution in [1.29, 1.82) is 0 Å². The fourth-order valence-corrected chi connectivity index (χ4v) is 1.43. The molecule has 2 rings (SSSR count). The molecular formula is C12H9ClFNO. The molecule has 0 unspecified atom stereocenters. The largest absolute Gasteiger partial charge is 0.489 e. The Hall–Kier alpha value is -1.61. The van der Waals surface area contributed by atoms with Crippen LogP contribution in [-0.2, 0) is 6.61 Å². The Morgan fingerprint density at radius 3 is 2.62 bits per heavy atom. The zero-order chi connectivity index (χ0) is 11.4. The van der Waals surface area contributed by atoms with Crippen LogP contribution in [-0.4, -0.2) is 4.98 Å². The lowest BCUT2D eigenvalue weighted by Crippen LogP contribution is -1.95. The van der Waals surface area contributed by atoms with Gasteiger partial charge in [0.15, 0.2) is 0 Å². The highest BCUT2D eigenvalue weighted by atomic mass is 35.5. The van der Waals surface area contributed by atoms with Crippen LogP contribution in [0, 0.1) is 5.82 Å². The zero-order valence-corrected chi connectivity index (χ0v) is 9.12. The van der Waals surface area contributed by atoms with Gasteiger partial charge in [0.1, 0.15) is 23.3 Å². The number of nitrogens with zero attached hydrogens (tertiary/aromatic N) is 1. The maximum absolute atomic E-state index is 12.6. The van der Waals surface area contributed by atoms with Crippen LogP contribution in [0.2, 0.25) is 5.15 Å². The van der Waals surface area contributed by atoms with Crippen molar-refractivity contribution in [1.82, 2.24) is 4.98 Å². The molecule has 1 aromatic carbocycles. The molecule has 0 amide bonds. The number of benzene rings is 1. The van der Waals surface area contributed by atoms with Gasteiger partial charge in [-0.25, -0.2) is 9.37 Å². The molecule has 16 heavy (non-hydrogen) atoms. The molecule has 0 spiro atoms. The van der Waals surface area contributed by atoms with Crippen LogP contribution in [0.3, 0.4) is 0 Å². The van der Waals surface area contributed by atoms with Gasteiger partial charge in [-0.1, -0.05) is 11.6 Å². The lowest BCUT2D eigenvalue weighted by atomic mass is 10.3. The molecule has 0 atom stereocenters. The number of rotatable bonds is 3. The quantitative estimate of drug-likeness (QED) is 0.763. The van der Waals surface area contributed by atoms with Gasteiger partial charge in [-0.15, -0.1) is 0 Å². The van der Waals surface area contributed by atoms with E-state index < -0.39 is 0 Å². The summed E-state index contributed by atoms with van der Waals surface area (Å²) in [6.45, 7) is 0.383. The van der Waals surface area contributed by atoms with Crippen molar-refractivity contribution in [2.24, 2.45) is 0 Å². The number of ether oxygens (including phenoxy) is 1. The van der Waals surface area contributed by atoms with Gasteiger partial charge >= 0.3 is 0 Å². The van der Waals surface area contributed by atoms with Crippen molar-refractivity contribution in [2.75, 3.05) is 0 Å². The summed E-state index contributed by atoms with van der Waals surface area (Å²) in [7, 11) is 0. The van der Waals surface area contributed by atoms with Crippen molar-refractivity contribution in [3.05, 3.63) is 59.1 Å². The summed E-state index contributed by atoms with van der Waals surface area (Å²) >= 11 is 5.73. The van der Waals surface area contributed by atoms with Crippen LogP contribution in [0.5, 0.6) is 5.75 Å². The number of pyridine rings is 1. The summed E-state index contributed by atoms with van der Waals surface area (Å²) in [6, 6.07) is 9.42. The van der Waals surface area contributed by atoms with E-state index >= 15 is 0 Å². The van der Waals surface area contributed by atoms with Crippen molar-refractivity contribution in [3.63, 3.8) is 0 Å². The van der Waals surface area contributed by atoms with E-state index in [9.17, 15) is 4.39 Å². The number of aromatic nitrogens is 1. The monoisotopic (exact) mass is 237 g/mol. The Labute approximate surface area is 97.7 Å². The Balaban J connectivity index is 1.99. The van der Waals surface area contributed by atoms with E-state index in [-0.39, 0.29) is 5.82 Å². The standard InChI is InChI=1S/C12H9ClFNO/c13-12-7-9(5-6-15-12)8-16-11-3-1-10(14)2-4-11/h1-7H,8H2. The minimum Gasteiger partial charge on any atom is -0.489 e. The van der Waals surface area contributed by atoms with Gasteiger partial charge in [-0.2, -0.15) is 0 Å². The van der Waals surface area contributed by atoms with Crippen molar-refractivity contribution < 1.29 is 9.13 Å². The molecule has 0 radical (unpaired) electrons. The molecule has 1 aromatic heterocycles. The fourth-order valence-electron chi connectivity index (χ4n) is 1.23. The van der Waals surface area contributed by atoms with E-state index in [4.69, 9.17) is 16.3 Å². The van der Waals surface area contributed by atoms with E-state index in [2.05, 4.69) is 4.98 Å². The Morgan fingerprint density at radius 1 is 1.19 bits per heavy atom. The molecule has 4 heteroatoms. The maximum Gasteiger partial charge on any atom is 0.129 e. The zero-order valence-electron chi connectivity index (χ0n) is 8.36. The molecule has 0 aliphatic heterocycles. The van der Waals surface area contributed by atoms with Crippen molar-refractivity contribution in [2.45, 2.75) is 6.61 Å². The van der Waals surface area contributed by atoms with E-state index in [1.54, 1.807) is 24.4 Å². The highest BCUT2D eigenvalue weighted by Crippen LogP contribution is 2.14. The van der Waals surface area contributed by atoms with Crippen LogP contribution in [0.1, 0.15) is 5.56 Å². The van der Waals surface area contributed by atoms with Crippen molar-refractivity contribution in [3.8, 4) is 5.75 Å². The summed E-state index contributed by atoms with van der Waals surface area (Å²) in [6.07, 6.45) is 1.62. The number of hydrogen-bond donors (Lipinski definition) is 0. The van der Waals surface area contributed by atoms with E-state index in [1.165, 1.54) is 12.1 Å². The molecule has 82 valence electrons. The maximum atomic E-state index is 12.6. The molecule has 0 saturated carbocycles. The summed E-state index contributed by atoms with van der Waals surface area (Å²) < 4.78 is 18.1. The minimum atomic E-state index is -0.278. The van der Waals surface area contributed by atoms with Gasteiger partial charge in [-0.3, -0.25) is 0 Å². The summed E-state index contributed by atoms with van der Waals surface area (Å²) in [5.74, 6) is 0.341. The van der Waals surface area contributed by atoms with Gasteiger partial charge in [-0.05, 0) is 42.0 Å². The fraction of sp³-hybridized carbons (Fsp3) is 0.0833. The van der Waals surface area contributed by atoms with Crippen LogP contribution in [0.25, 0.3) is 0 Å². The third kappa shape index (κ3) is 2.94. The first-order valence-corrected chi connectivity index (χ1v) is 5.10. The average Bonchev–Trinajstić information content (AvgIpc) is 2.28. The second kappa shape index (κ2) is 4.94. The third-order valence-corrected chi connectivity index (χ3v) is 2.22. The van der Waals surface area contributed by atoms with Gasteiger partial charge < -0.3 is 4.74 Å². The van der Waals surface area contributed by atoms with E-state index in [0.29, 0.717) is 17.5 Å². The summed E-state index contributed by atoms with van der Waals surface area (Å²) in [5, 5.41) is 0.431. The Bertz CT molecular complexity index is 473. The van der Waals surface area contributed by atoms with E-state index in [0.717, 1.165) is 5.56 Å². The molecular weight excluding hydrogens is 229 g/mol. The predicted molar refractivity (Wildman–Crippen MR) is 60.0 cm³/mol. The van der Waals surface area contributed by atoms with Crippen LogP contribution < -0.4 is 4.74 Å². The van der Waals surface area contributed by atoms with Crippen LogP contribution in [0.15, 0.2) is 42.6 Å². The highest BCUT2D eigenvalue weighted by Gasteiger charge is 1.97. The predicted octanol–water partition coefficient (Wildman–Crippen LogP) is 3.45. The normalized spacial score (nSPS) is 10.1. The van der Waals surface area contributed by atoms with Crippen LogP contribution in [0.4, 0.5) is 4.39 Å². The van der Waals surface area contributed by atoms with Gasteiger partial charge in [0.05, 0.1) is 0 Å². The average molecular weight is 238 g/mol. The second-order valence-electron chi connectivity index (χ2n) is 3.23. The lowest BCUT2D eigenvalue weighted by molar-refractivity contribution is 0.305. The van der Waals surface area contributed by atoms with E-state index in [1.807, 2.05) is 6.07 Å². The van der Waals surface area contributed by atoms with Gasteiger partial charge in [0, 0.05) is 6.20 Å². The van der Waals surface area contributed by atoms with Gasteiger partial charge in [0.2, 0.25) is 0 Å².